The number of aliphatic carboxylic acids is 1. The van der Waals surface area contributed by atoms with Crippen LogP contribution in [0.15, 0.2) is 30.3 Å². The lowest BCUT2D eigenvalue weighted by molar-refractivity contribution is -0.138. The summed E-state index contributed by atoms with van der Waals surface area (Å²) in [6.45, 7) is 10.2. The number of carbonyl (C=O) groups is 1. The lowest BCUT2D eigenvalue weighted by atomic mass is 9.86. The monoisotopic (exact) mass is 465 g/mol. The first-order valence-electron chi connectivity index (χ1n) is 10.7. The van der Waals surface area contributed by atoms with E-state index in [0.29, 0.717) is 0 Å². The molecule has 6 nitrogen and oxygen atoms in total. The van der Waals surface area contributed by atoms with E-state index < -0.39 is 32.0 Å². The van der Waals surface area contributed by atoms with Crippen molar-refractivity contribution in [3.8, 4) is 11.1 Å². The molecule has 0 aliphatic carbocycles. The maximum Gasteiger partial charge on any atom is 0.305 e. The molecule has 1 aromatic carbocycles. The Morgan fingerprint density at radius 3 is 2.28 bits per heavy atom. The number of nitrogens with zero attached hydrogens (tertiary/aromatic N) is 1. The van der Waals surface area contributed by atoms with Crippen LogP contribution in [-0.2, 0) is 21.2 Å². The van der Waals surface area contributed by atoms with Crippen LogP contribution in [0.5, 0.6) is 0 Å². The quantitative estimate of drug-likeness (QED) is 0.452. The maximum absolute atomic E-state index is 13.5. The average molecular weight is 466 g/mol. The van der Waals surface area contributed by atoms with Crippen molar-refractivity contribution in [2.75, 3.05) is 12.3 Å². The Morgan fingerprint density at radius 1 is 1.19 bits per heavy atom. The number of aliphatic hydroxyl groups excluding tert-OH is 1. The van der Waals surface area contributed by atoms with Gasteiger partial charge in [0.1, 0.15) is 5.82 Å². The lowest BCUT2D eigenvalue weighted by Crippen LogP contribution is -2.19. The molecule has 8 heteroatoms. The normalized spacial score (nSPS) is 14.9. The molecule has 1 aromatic heterocycles. The number of hydrogen-bond acceptors (Lipinski definition) is 4. The summed E-state index contributed by atoms with van der Waals surface area (Å²) in [6.07, 6.45) is -2.33. The maximum atomic E-state index is 13.5. The van der Waals surface area contributed by atoms with Crippen LogP contribution in [0.4, 0.5) is 4.39 Å². The Balaban J connectivity index is 2.50. The molecule has 1 heterocycles. The molecule has 3 N–H and O–H groups in total. The molecule has 2 aromatic rings. The number of carboxylic acid groups (broad SMARTS) is 1. The van der Waals surface area contributed by atoms with Crippen molar-refractivity contribution in [1.82, 2.24) is 4.98 Å². The number of aliphatic hydroxyl groups is 1. The molecule has 0 saturated heterocycles. The summed E-state index contributed by atoms with van der Waals surface area (Å²) >= 11 is 0. The molecule has 0 amide bonds. The topological polar surface area (TPSA) is 108 Å². The van der Waals surface area contributed by atoms with Crippen LogP contribution in [0.1, 0.15) is 63.9 Å². The summed E-state index contributed by atoms with van der Waals surface area (Å²) in [7, 11) is -3.79. The summed E-state index contributed by atoms with van der Waals surface area (Å²) in [4.78, 5) is 26.0. The van der Waals surface area contributed by atoms with Crippen molar-refractivity contribution >= 4 is 13.3 Å². The Morgan fingerprint density at radius 2 is 1.78 bits per heavy atom. The highest BCUT2D eigenvalue weighted by atomic mass is 31.2. The molecule has 1 unspecified atom stereocenters. The van der Waals surface area contributed by atoms with Gasteiger partial charge in [0, 0.05) is 23.0 Å². The molecule has 0 bridgehead atoms. The van der Waals surface area contributed by atoms with Gasteiger partial charge in [0.15, 0.2) is 0 Å². The zero-order valence-electron chi connectivity index (χ0n) is 19.3. The van der Waals surface area contributed by atoms with Crippen LogP contribution in [0, 0.1) is 5.82 Å². The number of aromatic nitrogens is 1. The van der Waals surface area contributed by atoms with Crippen LogP contribution < -0.4 is 0 Å². The van der Waals surface area contributed by atoms with E-state index in [2.05, 4.69) is 20.8 Å². The lowest BCUT2D eigenvalue weighted by Gasteiger charge is -2.25. The standard InChI is InChI=1S/C24H33FNO5P/c1-15(2)23-19(10-11-32(30,31)14-18(27)12-22(28)29)20(13-21(26-23)24(3,4)5)16-6-8-17(25)9-7-16/h6-9,13,15,18,27H,10-12,14H2,1-5H3,(H,28,29)(H,30,31)/t18-/m1/s1. The third-order valence-corrected chi connectivity index (χ3v) is 7.16. The SMILES string of the molecule is CC(C)c1nc(C(C)(C)C)cc(-c2ccc(F)cc2)c1CCP(=O)(O)C[C@H](O)CC(=O)O. The first kappa shape index (κ1) is 26.2. The minimum atomic E-state index is -3.79. The number of rotatable bonds is 9. The van der Waals surface area contributed by atoms with Gasteiger partial charge >= 0.3 is 5.97 Å². The fourth-order valence-electron chi connectivity index (χ4n) is 3.58. The van der Waals surface area contributed by atoms with E-state index in [1.807, 2.05) is 19.9 Å². The highest BCUT2D eigenvalue weighted by Crippen LogP contribution is 2.44. The molecule has 0 aliphatic rings. The molecule has 2 atom stereocenters. The summed E-state index contributed by atoms with van der Waals surface area (Å²) in [5.41, 5.74) is 3.87. The number of halogens is 1. The third-order valence-electron chi connectivity index (χ3n) is 5.24. The first-order valence-corrected chi connectivity index (χ1v) is 12.7. The van der Waals surface area contributed by atoms with E-state index >= 15 is 0 Å². The largest absolute Gasteiger partial charge is 0.481 e. The summed E-state index contributed by atoms with van der Waals surface area (Å²) in [5.74, 6) is -1.53. The molecule has 0 aliphatic heterocycles. The van der Waals surface area contributed by atoms with E-state index in [1.54, 1.807) is 12.1 Å². The summed E-state index contributed by atoms with van der Waals surface area (Å²) < 4.78 is 26.3. The first-order chi connectivity index (χ1) is 14.7. The summed E-state index contributed by atoms with van der Waals surface area (Å²) in [6, 6.07) is 8.07. The Kier molecular flexibility index (Phi) is 8.38. The Bertz CT molecular complexity index is 999. The molecule has 0 saturated carbocycles. The van der Waals surface area contributed by atoms with Gasteiger partial charge in [-0.3, -0.25) is 14.3 Å². The second-order valence-electron chi connectivity index (χ2n) is 9.58. The van der Waals surface area contributed by atoms with Gasteiger partial charge in [-0.25, -0.2) is 4.39 Å². The minimum Gasteiger partial charge on any atom is -0.481 e. The molecule has 32 heavy (non-hydrogen) atoms. The summed E-state index contributed by atoms with van der Waals surface area (Å²) in [5, 5.41) is 18.6. The van der Waals surface area contributed by atoms with Crippen molar-refractivity contribution in [3.63, 3.8) is 0 Å². The smallest absolute Gasteiger partial charge is 0.305 e. The van der Waals surface area contributed by atoms with E-state index in [4.69, 9.17) is 10.1 Å². The predicted molar refractivity (Wildman–Crippen MR) is 124 cm³/mol. The van der Waals surface area contributed by atoms with Gasteiger partial charge in [0.05, 0.1) is 18.7 Å². The van der Waals surface area contributed by atoms with Crippen molar-refractivity contribution < 1.29 is 28.9 Å². The van der Waals surface area contributed by atoms with Crippen molar-refractivity contribution in [2.24, 2.45) is 0 Å². The third kappa shape index (κ3) is 7.22. The van der Waals surface area contributed by atoms with Crippen LogP contribution in [-0.4, -0.2) is 44.5 Å². The number of carboxylic acids is 1. The van der Waals surface area contributed by atoms with Crippen LogP contribution in [0.3, 0.4) is 0 Å². The van der Waals surface area contributed by atoms with E-state index in [1.165, 1.54) is 12.1 Å². The van der Waals surface area contributed by atoms with Crippen LogP contribution in [0.25, 0.3) is 11.1 Å². The van der Waals surface area contributed by atoms with E-state index in [-0.39, 0.29) is 29.7 Å². The zero-order valence-corrected chi connectivity index (χ0v) is 20.2. The fourth-order valence-corrected chi connectivity index (χ4v) is 5.12. The molecule has 176 valence electrons. The number of hydrogen-bond donors (Lipinski definition) is 3. The predicted octanol–water partition coefficient (Wildman–Crippen LogP) is 4.96. The van der Waals surface area contributed by atoms with Gasteiger partial charge in [-0.1, -0.05) is 46.8 Å². The molecule has 0 fully saturated rings. The molecule has 0 spiro atoms. The van der Waals surface area contributed by atoms with Crippen LogP contribution >= 0.6 is 7.37 Å². The molecular formula is C24H33FNO5P. The van der Waals surface area contributed by atoms with Crippen molar-refractivity contribution in [1.29, 1.82) is 0 Å². The van der Waals surface area contributed by atoms with Gasteiger partial charge in [0.25, 0.3) is 0 Å². The van der Waals surface area contributed by atoms with E-state index in [9.17, 15) is 23.7 Å². The molecule has 2 rings (SSSR count). The average Bonchev–Trinajstić information content (AvgIpc) is 2.64. The second kappa shape index (κ2) is 10.2. The Hall–Kier alpha value is -2.08. The van der Waals surface area contributed by atoms with Gasteiger partial charge in [-0.15, -0.1) is 0 Å². The fraction of sp³-hybridized carbons (Fsp3) is 0.500. The van der Waals surface area contributed by atoms with Gasteiger partial charge < -0.3 is 15.1 Å². The van der Waals surface area contributed by atoms with Crippen LogP contribution in [0.2, 0.25) is 0 Å². The van der Waals surface area contributed by atoms with Crippen molar-refractivity contribution in [3.05, 3.63) is 53.1 Å². The van der Waals surface area contributed by atoms with Gasteiger partial charge in [0.2, 0.25) is 7.37 Å². The van der Waals surface area contributed by atoms with Gasteiger partial charge in [-0.05, 0) is 47.2 Å². The van der Waals surface area contributed by atoms with E-state index in [0.717, 1.165) is 28.1 Å². The zero-order chi connectivity index (χ0) is 24.3. The minimum absolute atomic E-state index is 0.0437. The molecule has 0 radical (unpaired) electrons. The van der Waals surface area contributed by atoms with Gasteiger partial charge in [-0.2, -0.15) is 0 Å². The Labute approximate surface area is 189 Å². The highest BCUT2D eigenvalue weighted by molar-refractivity contribution is 7.58. The second-order valence-corrected chi connectivity index (χ2v) is 12.1. The number of pyridine rings is 1. The number of benzene rings is 1. The molecular weight excluding hydrogens is 432 g/mol. The highest BCUT2D eigenvalue weighted by Gasteiger charge is 2.27. The van der Waals surface area contributed by atoms with Crippen molar-refractivity contribution in [2.45, 2.75) is 64.9 Å².